The SMILES string of the molecule is CCOc1ccnc(N2CCN(C(=O)c3cc4scc(C(=O)O)c4[nH]3)CC2)n1. The van der Waals surface area contributed by atoms with Crippen LogP contribution in [0.5, 0.6) is 5.88 Å². The van der Waals surface area contributed by atoms with Gasteiger partial charge in [-0.25, -0.2) is 9.78 Å². The number of aromatic nitrogens is 3. The van der Waals surface area contributed by atoms with Crippen LogP contribution in [-0.2, 0) is 0 Å². The average Bonchev–Trinajstić information content (AvgIpc) is 3.29. The molecule has 1 saturated heterocycles. The summed E-state index contributed by atoms with van der Waals surface area (Å²) in [5, 5.41) is 10.8. The van der Waals surface area contributed by atoms with Crippen LogP contribution < -0.4 is 9.64 Å². The third-order valence-electron chi connectivity index (χ3n) is 4.57. The molecule has 28 heavy (non-hydrogen) atoms. The van der Waals surface area contributed by atoms with Crippen LogP contribution >= 0.6 is 11.3 Å². The first kappa shape index (κ1) is 18.2. The number of piperazine rings is 1. The van der Waals surface area contributed by atoms with Crippen molar-refractivity contribution in [3.8, 4) is 5.88 Å². The first-order valence-electron chi connectivity index (χ1n) is 8.90. The zero-order valence-electron chi connectivity index (χ0n) is 15.2. The second-order valence-corrected chi connectivity index (χ2v) is 7.20. The fourth-order valence-corrected chi connectivity index (χ4v) is 4.10. The molecular weight excluding hydrogens is 382 g/mol. The number of aromatic amines is 1. The van der Waals surface area contributed by atoms with Crippen LogP contribution in [0.25, 0.3) is 10.2 Å². The van der Waals surface area contributed by atoms with E-state index in [1.54, 1.807) is 28.6 Å². The Hall–Kier alpha value is -3.14. The number of H-pyrrole nitrogens is 1. The van der Waals surface area contributed by atoms with Crippen molar-refractivity contribution in [2.75, 3.05) is 37.7 Å². The number of nitrogens with one attached hydrogen (secondary N) is 1. The molecule has 0 unspecified atom stereocenters. The lowest BCUT2D eigenvalue weighted by molar-refractivity contribution is 0.0696. The van der Waals surface area contributed by atoms with Gasteiger partial charge in [0.25, 0.3) is 5.91 Å². The molecule has 4 heterocycles. The van der Waals surface area contributed by atoms with E-state index in [4.69, 9.17) is 4.74 Å². The lowest BCUT2D eigenvalue weighted by Gasteiger charge is -2.34. The van der Waals surface area contributed by atoms with Gasteiger partial charge in [-0.2, -0.15) is 4.98 Å². The Bertz CT molecular complexity index is 1020. The zero-order chi connectivity index (χ0) is 19.7. The number of hydrogen-bond donors (Lipinski definition) is 2. The van der Waals surface area contributed by atoms with Crippen LogP contribution in [0.3, 0.4) is 0 Å². The molecule has 0 saturated carbocycles. The fourth-order valence-electron chi connectivity index (χ4n) is 3.18. The van der Waals surface area contributed by atoms with Crippen LogP contribution in [0.1, 0.15) is 27.8 Å². The summed E-state index contributed by atoms with van der Waals surface area (Å²) in [6, 6.07) is 3.44. The smallest absolute Gasteiger partial charge is 0.338 e. The molecule has 1 aliphatic rings. The van der Waals surface area contributed by atoms with Crippen molar-refractivity contribution in [2.24, 2.45) is 0 Å². The monoisotopic (exact) mass is 401 g/mol. The van der Waals surface area contributed by atoms with Gasteiger partial charge in [0.05, 0.1) is 22.4 Å². The van der Waals surface area contributed by atoms with Gasteiger partial charge in [0, 0.05) is 43.8 Å². The summed E-state index contributed by atoms with van der Waals surface area (Å²) in [6.07, 6.45) is 1.66. The molecule has 0 aliphatic carbocycles. The molecule has 0 spiro atoms. The molecule has 9 nitrogen and oxygen atoms in total. The molecule has 1 aliphatic heterocycles. The predicted octanol–water partition coefficient (Wildman–Crippen LogP) is 2.08. The molecular formula is C18H19N5O4S. The summed E-state index contributed by atoms with van der Waals surface area (Å²) in [6.45, 7) is 4.71. The lowest BCUT2D eigenvalue weighted by Crippen LogP contribution is -2.49. The summed E-state index contributed by atoms with van der Waals surface area (Å²) in [5.74, 6) is -0.0189. The molecule has 10 heteroatoms. The maximum Gasteiger partial charge on any atom is 0.338 e. The van der Waals surface area contributed by atoms with Crippen molar-refractivity contribution >= 4 is 39.4 Å². The van der Waals surface area contributed by atoms with Gasteiger partial charge in [0.2, 0.25) is 11.8 Å². The standard InChI is InChI=1S/C18H19N5O4S/c1-2-27-14-3-4-19-18(21-14)23-7-5-22(6-8-23)16(24)12-9-13-15(20-12)11(10-28-13)17(25)26/h3-4,9-10,20H,2,5-8H2,1H3,(H,25,26). The van der Waals surface area contributed by atoms with Gasteiger partial charge in [0.15, 0.2) is 0 Å². The number of carboxylic acids is 1. The number of carboxylic acid groups (broad SMARTS) is 1. The number of carbonyl (C=O) groups is 2. The molecule has 1 amide bonds. The molecule has 2 N–H and O–H groups in total. The molecule has 3 aromatic heterocycles. The summed E-state index contributed by atoms with van der Waals surface area (Å²) in [7, 11) is 0. The second-order valence-electron chi connectivity index (χ2n) is 6.28. The van der Waals surface area contributed by atoms with E-state index < -0.39 is 5.97 Å². The highest BCUT2D eigenvalue weighted by Gasteiger charge is 2.25. The predicted molar refractivity (Wildman–Crippen MR) is 104 cm³/mol. The van der Waals surface area contributed by atoms with Crippen LogP contribution in [0.15, 0.2) is 23.7 Å². The van der Waals surface area contributed by atoms with E-state index >= 15 is 0 Å². The number of hydrogen-bond acceptors (Lipinski definition) is 7. The first-order valence-corrected chi connectivity index (χ1v) is 9.78. The largest absolute Gasteiger partial charge is 0.478 e. The number of aromatic carboxylic acids is 1. The van der Waals surface area contributed by atoms with Crippen molar-refractivity contribution in [1.29, 1.82) is 0 Å². The van der Waals surface area contributed by atoms with Crippen molar-refractivity contribution in [3.05, 3.63) is 35.0 Å². The van der Waals surface area contributed by atoms with Crippen LogP contribution in [-0.4, -0.2) is 69.6 Å². The highest BCUT2D eigenvalue weighted by Crippen LogP contribution is 2.27. The van der Waals surface area contributed by atoms with Crippen LogP contribution in [0.4, 0.5) is 5.95 Å². The van der Waals surface area contributed by atoms with Crippen LogP contribution in [0.2, 0.25) is 0 Å². The van der Waals surface area contributed by atoms with Gasteiger partial charge in [0.1, 0.15) is 5.69 Å². The second kappa shape index (κ2) is 7.47. The number of fused-ring (bicyclic) bond motifs is 1. The third kappa shape index (κ3) is 3.38. The van der Waals surface area contributed by atoms with Gasteiger partial charge >= 0.3 is 5.97 Å². The third-order valence-corrected chi connectivity index (χ3v) is 5.50. The zero-order valence-corrected chi connectivity index (χ0v) is 16.0. The van der Waals surface area contributed by atoms with E-state index in [0.29, 0.717) is 55.8 Å². The maximum atomic E-state index is 12.8. The summed E-state index contributed by atoms with van der Waals surface area (Å²) in [5.41, 5.74) is 1.10. The molecule has 0 radical (unpaired) electrons. The van der Waals surface area contributed by atoms with Gasteiger partial charge in [-0.1, -0.05) is 0 Å². The minimum absolute atomic E-state index is 0.136. The highest BCUT2D eigenvalue weighted by molar-refractivity contribution is 7.17. The van der Waals surface area contributed by atoms with Gasteiger partial charge in [-0.15, -0.1) is 11.3 Å². The van der Waals surface area contributed by atoms with E-state index in [1.807, 2.05) is 11.8 Å². The molecule has 1 fully saturated rings. The van der Waals surface area contributed by atoms with E-state index in [-0.39, 0.29) is 11.5 Å². The number of anilines is 1. The van der Waals surface area contributed by atoms with Crippen molar-refractivity contribution < 1.29 is 19.4 Å². The normalized spacial score (nSPS) is 14.5. The Labute approximate surface area is 164 Å². The maximum absolute atomic E-state index is 12.8. The number of nitrogens with zero attached hydrogens (tertiary/aromatic N) is 4. The van der Waals surface area contributed by atoms with E-state index in [1.165, 1.54) is 11.3 Å². The fraction of sp³-hybridized carbons (Fsp3) is 0.333. The molecule has 0 atom stereocenters. The minimum Gasteiger partial charge on any atom is -0.478 e. The van der Waals surface area contributed by atoms with Gasteiger partial charge < -0.3 is 24.6 Å². The average molecular weight is 401 g/mol. The topological polar surface area (TPSA) is 112 Å². The lowest BCUT2D eigenvalue weighted by atomic mass is 10.3. The molecule has 146 valence electrons. The van der Waals surface area contributed by atoms with Gasteiger partial charge in [-0.3, -0.25) is 4.79 Å². The van der Waals surface area contributed by atoms with E-state index in [0.717, 1.165) is 4.70 Å². The number of amides is 1. The first-order chi connectivity index (χ1) is 13.6. The van der Waals surface area contributed by atoms with Crippen molar-refractivity contribution in [3.63, 3.8) is 0 Å². The van der Waals surface area contributed by atoms with Crippen molar-refractivity contribution in [1.82, 2.24) is 19.9 Å². The number of rotatable bonds is 5. The number of thiophene rings is 1. The van der Waals surface area contributed by atoms with Gasteiger partial charge in [-0.05, 0) is 13.0 Å². The number of carbonyl (C=O) groups excluding carboxylic acids is 1. The quantitative estimate of drug-likeness (QED) is 0.673. The van der Waals surface area contributed by atoms with E-state index in [9.17, 15) is 14.7 Å². The molecule has 4 rings (SSSR count). The summed E-state index contributed by atoms with van der Waals surface area (Å²) in [4.78, 5) is 39.5. The van der Waals surface area contributed by atoms with Crippen LogP contribution in [0, 0.1) is 0 Å². The Kier molecular flexibility index (Phi) is 4.86. The summed E-state index contributed by atoms with van der Waals surface area (Å²) >= 11 is 1.31. The number of ether oxygens (including phenoxy) is 1. The highest BCUT2D eigenvalue weighted by atomic mass is 32.1. The Balaban J connectivity index is 1.44. The van der Waals surface area contributed by atoms with E-state index in [2.05, 4.69) is 15.0 Å². The Morgan fingerprint density at radius 2 is 2.11 bits per heavy atom. The molecule has 0 bridgehead atoms. The summed E-state index contributed by atoms with van der Waals surface area (Å²) < 4.78 is 6.18. The van der Waals surface area contributed by atoms with Crippen molar-refractivity contribution in [2.45, 2.75) is 6.92 Å². The Morgan fingerprint density at radius 1 is 1.32 bits per heavy atom. The molecule has 3 aromatic rings. The Morgan fingerprint density at radius 3 is 2.82 bits per heavy atom. The molecule has 0 aromatic carbocycles. The minimum atomic E-state index is -1.00.